The minimum atomic E-state index is -0.678. The first-order valence-corrected chi connectivity index (χ1v) is 9.37. The topological polar surface area (TPSA) is 94.3 Å². The second-order valence-electron chi connectivity index (χ2n) is 7.34. The lowest BCUT2D eigenvalue weighted by Gasteiger charge is -2.20. The van der Waals surface area contributed by atoms with E-state index < -0.39 is 5.72 Å². The van der Waals surface area contributed by atoms with Crippen LogP contribution in [0.25, 0.3) is 5.78 Å². The molecule has 1 aliphatic heterocycles. The van der Waals surface area contributed by atoms with E-state index in [-0.39, 0.29) is 11.9 Å². The number of aromatic nitrogens is 3. The molecule has 158 valence electrons. The lowest BCUT2D eigenvalue weighted by atomic mass is 10.1. The Morgan fingerprint density at radius 2 is 2.07 bits per heavy atom. The maximum Gasteiger partial charge on any atom is 0.242 e. The Morgan fingerprint density at radius 3 is 2.73 bits per heavy atom. The number of nitrogens with zero attached hydrogens (tertiary/aromatic N) is 4. The van der Waals surface area contributed by atoms with Gasteiger partial charge in [0.15, 0.2) is 11.6 Å². The van der Waals surface area contributed by atoms with Crippen LogP contribution in [0, 0.1) is 5.82 Å². The van der Waals surface area contributed by atoms with Crippen LogP contribution in [0.4, 0.5) is 10.1 Å². The number of hydrogen-bond donors (Lipinski definition) is 2. The van der Waals surface area contributed by atoms with Crippen molar-refractivity contribution >= 4 is 17.3 Å². The molecule has 4 rings (SSSR count). The van der Waals surface area contributed by atoms with Crippen LogP contribution in [0.3, 0.4) is 0 Å². The summed E-state index contributed by atoms with van der Waals surface area (Å²) in [6.45, 7) is 5.59. The average molecular weight is 414 g/mol. The molecule has 0 saturated heterocycles. The summed E-state index contributed by atoms with van der Waals surface area (Å²) in [4.78, 5) is 18.8. The van der Waals surface area contributed by atoms with E-state index in [1.165, 1.54) is 19.2 Å². The Kier molecular flexibility index (Phi) is 4.94. The summed E-state index contributed by atoms with van der Waals surface area (Å²) < 4.78 is 26.4. The molecule has 3 heterocycles. The zero-order valence-corrected chi connectivity index (χ0v) is 17.4. The number of anilines is 1. The lowest BCUT2D eigenvalue weighted by Crippen LogP contribution is -2.24. The highest BCUT2D eigenvalue weighted by Gasteiger charge is 2.28. The van der Waals surface area contributed by atoms with Crippen LogP contribution in [0.5, 0.6) is 11.6 Å². The van der Waals surface area contributed by atoms with Crippen LogP contribution in [0.1, 0.15) is 38.1 Å². The summed E-state index contributed by atoms with van der Waals surface area (Å²) in [5.74, 6) is 1.59. The number of rotatable bonds is 6. The van der Waals surface area contributed by atoms with Crippen molar-refractivity contribution in [3.63, 3.8) is 0 Å². The van der Waals surface area contributed by atoms with Gasteiger partial charge in [-0.2, -0.15) is 4.98 Å². The van der Waals surface area contributed by atoms with Crippen molar-refractivity contribution in [2.24, 2.45) is 4.99 Å². The van der Waals surface area contributed by atoms with Crippen LogP contribution in [0.2, 0.25) is 0 Å². The van der Waals surface area contributed by atoms with Crippen molar-refractivity contribution < 1.29 is 18.7 Å². The van der Waals surface area contributed by atoms with Crippen LogP contribution in [-0.4, -0.2) is 40.1 Å². The molecule has 0 bridgehead atoms. The molecule has 1 aliphatic rings. The zero-order chi connectivity index (χ0) is 21.5. The van der Waals surface area contributed by atoms with Crippen molar-refractivity contribution in [1.82, 2.24) is 19.8 Å². The Labute approximate surface area is 172 Å². The Morgan fingerprint density at radius 1 is 1.27 bits per heavy atom. The van der Waals surface area contributed by atoms with Gasteiger partial charge in [-0.25, -0.2) is 24.7 Å². The third kappa shape index (κ3) is 3.61. The van der Waals surface area contributed by atoms with Crippen molar-refractivity contribution in [2.75, 3.05) is 19.5 Å². The fraction of sp³-hybridized carbons (Fsp3) is 0.350. The number of ether oxygens (including phenoxy) is 2. The van der Waals surface area contributed by atoms with Gasteiger partial charge in [-0.1, -0.05) is 0 Å². The number of amidine groups is 1. The van der Waals surface area contributed by atoms with Gasteiger partial charge in [0.05, 0.1) is 26.5 Å². The van der Waals surface area contributed by atoms with Crippen LogP contribution in [-0.2, 0) is 4.84 Å². The van der Waals surface area contributed by atoms with Crippen molar-refractivity contribution in [2.45, 2.75) is 32.5 Å². The molecule has 30 heavy (non-hydrogen) atoms. The Bertz CT molecular complexity index is 1130. The van der Waals surface area contributed by atoms with E-state index in [2.05, 4.69) is 25.8 Å². The van der Waals surface area contributed by atoms with Gasteiger partial charge in [-0.05, 0) is 39.0 Å². The van der Waals surface area contributed by atoms with Gasteiger partial charge < -0.3 is 14.8 Å². The molecule has 9 nitrogen and oxygen atoms in total. The summed E-state index contributed by atoms with van der Waals surface area (Å²) in [6, 6.07) is 4.11. The van der Waals surface area contributed by atoms with Gasteiger partial charge in [-0.15, -0.1) is 0 Å². The minimum Gasteiger partial charge on any atom is -0.496 e. The van der Waals surface area contributed by atoms with E-state index in [4.69, 9.17) is 14.3 Å². The monoisotopic (exact) mass is 414 g/mol. The van der Waals surface area contributed by atoms with Gasteiger partial charge in [0.1, 0.15) is 22.9 Å². The van der Waals surface area contributed by atoms with E-state index >= 15 is 0 Å². The highest BCUT2D eigenvalue weighted by Crippen LogP contribution is 2.32. The van der Waals surface area contributed by atoms with Crippen molar-refractivity contribution in [1.29, 1.82) is 0 Å². The van der Waals surface area contributed by atoms with Crippen LogP contribution < -0.4 is 20.3 Å². The number of benzene rings is 1. The molecule has 2 N–H and O–H groups in total. The van der Waals surface area contributed by atoms with Crippen molar-refractivity contribution in [3.05, 3.63) is 47.7 Å². The number of nitrogens with one attached hydrogen (secondary N) is 2. The van der Waals surface area contributed by atoms with Crippen molar-refractivity contribution in [3.8, 4) is 11.6 Å². The molecule has 0 fully saturated rings. The number of hydrogen-bond acceptors (Lipinski definition) is 8. The number of imidazole rings is 1. The number of hydroxylamine groups is 1. The lowest BCUT2D eigenvalue weighted by molar-refractivity contribution is -0.0270. The molecule has 2 aromatic heterocycles. The van der Waals surface area contributed by atoms with Crippen LogP contribution >= 0.6 is 0 Å². The SMILES string of the molecule is COc1ccc(F)cc1[C@@H](C)Nc1cn2c(C3=NC(C)(C)ON3)cnc2nc1OC. The third-order valence-corrected chi connectivity index (χ3v) is 4.71. The Hall–Kier alpha value is -3.40. The quantitative estimate of drug-likeness (QED) is 0.640. The molecule has 0 amide bonds. The number of methoxy groups -OCH3 is 2. The van der Waals surface area contributed by atoms with Gasteiger partial charge in [0, 0.05) is 11.8 Å². The zero-order valence-electron chi connectivity index (χ0n) is 17.4. The second kappa shape index (κ2) is 7.45. The summed E-state index contributed by atoms with van der Waals surface area (Å²) in [5.41, 5.74) is 4.10. The van der Waals surface area contributed by atoms with Gasteiger partial charge in [0.2, 0.25) is 11.7 Å². The van der Waals surface area contributed by atoms with E-state index in [9.17, 15) is 4.39 Å². The number of fused-ring (bicyclic) bond motifs is 1. The molecule has 0 spiro atoms. The second-order valence-corrected chi connectivity index (χ2v) is 7.34. The predicted molar refractivity (Wildman–Crippen MR) is 109 cm³/mol. The standard InChI is InChI=1S/C20H23FN6O3/c1-11(13-8-12(21)6-7-16(13)28-4)23-14-10-27-15(17-25-20(2,3)30-26-17)9-22-19(27)24-18(14)29-5/h6-11,23H,1-5H3,(H,25,26)/t11-/m1/s1. The first-order valence-electron chi connectivity index (χ1n) is 9.37. The van der Waals surface area contributed by atoms with Gasteiger partial charge in [-0.3, -0.25) is 4.40 Å². The normalized spacial score (nSPS) is 16.1. The van der Waals surface area contributed by atoms with E-state index in [1.807, 2.05) is 20.8 Å². The molecule has 1 aromatic carbocycles. The minimum absolute atomic E-state index is 0.292. The highest BCUT2D eigenvalue weighted by atomic mass is 19.1. The Balaban J connectivity index is 1.73. The maximum atomic E-state index is 13.8. The summed E-state index contributed by atoms with van der Waals surface area (Å²) in [6.07, 6.45) is 3.46. The van der Waals surface area contributed by atoms with E-state index in [0.29, 0.717) is 40.2 Å². The fourth-order valence-corrected chi connectivity index (χ4v) is 3.28. The third-order valence-electron chi connectivity index (χ3n) is 4.71. The molecule has 0 aliphatic carbocycles. The molecule has 10 heteroatoms. The number of halogens is 1. The van der Waals surface area contributed by atoms with E-state index in [1.54, 1.807) is 30.0 Å². The predicted octanol–water partition coefficient (Wildman–Crippen LogP) is 3.08. The average Bonchev–Trinajstić information content (AvgIpc) is 3.29. The molecule has 0 radical (unpaired) electrons. The smallest absolute Gasteiger partial charge is 0.242 e. The highest BCUT2D eigenvalue weighted by molar-refractivity contribution is 5.98. The molecule has 0 saturated carbocycles. The fourth-order valence-electron chi connectivity index (χ4n) is 3.28. The molecule has 1 atom stereocenters. The largest absolute Gasteiger partial charge is 0.496 e. The summed E-state index contributed by atoms with van der Waals surface area (Å²) >= 11 is 0. The van der Waals surface area contributed by atoms with Gasteiger partial charge >= 0.3 is 0 Å². The summed E-state index contributed by atoms with van der Waals surface area (Å²) in [7, 11) is 3.08. The number of aliphatic imine (C=N–C) groups is 1. The first-order chi connectivity index (χ1) is 14.3. The molecular formula is C20H23FN6O3. The molecule has 0 unspecified atom stereocenters. The van der Waals surface area contributed by atoms with Crippen LogP contribution in [0.15, 0.2) is 35.6 Å². The maximum absolute atomic E-state index is 13.8. The molecular weight excluding hydrogens is 391 g/mol. The van der Waals surface area contributed by atoms with E-state index in [0.717, 1.165) is 0 Å². The van der Waals surface area contributed by atoms with Gasteiger partial charge in [0.25, 0.3) is 0 Å². The summed E-state index contributed by atoms with van der Waals surface area (Å²) in [5, 5.41) is 3.32. The molecule has 3 aromatic rings. The first kappa shape index (κ1) is 19.9.